The molecule has 1 fully saturated rings. The zero-order chi connectivity index (χ0) is 13.7. The van der Waals surface area contributed by atoms with Crippen molar-refractivity contribution >= 4 is 17.5 Å². The number of nitrogens with one attached hydrogen (secondary N) is 1. The van der Waals surface area contributed by atoms with Crippen molar-refractivity contribution in [3.8, 4) is 0 Å². The van der Waals surface area contributed by atoms with Crippen LogP contribution in [0.4, 0.5) is 11.6 Å². The summed E-state index contributed by atoms with van der Waals surface area (Å²) in [6, 6.07) is 3.09. The van der Waals surface area contributed by atoms with Gasteiger partial charge in [-0.25, -0.2) is 0 Å². The smallest absolute Gasteiger partial charge is 0.245 e. The van der Waals surface area contributed by atoms with E-state index in [9.17, 15) is 4.79 Å². The lowest BCUT2D eigenvalue weighted by atomic mass is 10.2. The number of amides is 1. The highest BCUT2D eigenvalue weighted by atomic mass is 16.5. The molecule has 1 atom stereocenters. The summed E-state index contributed by atoms with van der Waals surface area (Å²) in [6.07, 6.45) is 0.904. The van der Waals surface area contributed by atoms with Crippen molar-refractivity contribution in [1.29, 1.82) is 0 Å². The molecule has 0 saturated carbocycles. The Bertz CT molecular complexity index is 423. The summed E-state index contributed by atoms with van der Waals surface area (Å²) in [6.45, 7) is 4.23. The topological polar surface area (TPSA) is 93.4 Å². The number of hydrogen-bond acceptors (Lipinski definition) is 6. The van der Waals surface area contributed by atoms with Gasteiger partial charge in [-0.05, 0) is 18.6 Å². The van der Waals surface area contributed by atoms with Crippen LogP contribution in [0.1, 0.15) is 13.3 Å². The predicted octanol–water partition coefficient (Wildman–Crippen LogP) is -0.210. The van der Waals surface area contributed by atoms with E-state index in [0.29, 0.717) is 37.9 Å². The van der Waals surface area contributed by atoms with Gasteiger partial charge in [-0.2, -0.15) is 0 Å². The minimum absolute atomic E-state index is 0.0415. The van der Waals surface area contributed by atoms with Crippen molar-refractivity contribution in [3.05, 3.63) is 12.1 Å². The first-order valence-corrected chi connectivity index (χ1v) is 6.43. The van der Waals surface area contributed by atoms with Gasteiger partial charge in [-0.15, -0.1) is 10.2 Å². The van der Waals surface area contributed by atoms with Crippen LogP contribution in [0, 0.1) is 0 Å². The molecule has 1 aliphatic rings. The molecule has 0 aromatic carbocycles. The van der Waals surface area contributed by atoms with Gasteiger partial charge in [0.25, 0.3) is 0 Å². The second-order valence-corrected chi connectivity index (χ2v) is 4.39. The molecule has 0 radical (unpaired) electrons. The molecule has 19 heavy (non-hydrogen) atoms. The van der Waals surface area contributed by atoms with Crippen LogP contribution >= 0.6 is 0 Å². The lowest BCUT2D eigenvalue weighted by Crippen LogP contribution is -2.54. The molecule has 1 aromatic rings. The summed E-state index contributed by atoms with van der Waals surface area (Å²) in [5, 5.41) is 10.7. The van der Waals surface area contributed by atoms with Gasteiger partial charge in [0.15, 0.2) is 5.82 Å². The van der Waals surface area contributed by atoms with Crippen LogP contribution in [0.15, 0.2) is 12.1 Å². The summed E-state index contributed by atoms with van der Waals surface area (Å²) < 4.78 is 5.38. The minimum Gasteiger partial charge on any atom is -0.382 e. The molecule has 0 spiro atoms. The number of ether oxygens (including phenoxy) is 1. The molecule has 1 saturated heterocycles. The summed E-state index contributed by atoms with van der Waals surface area (Å²) in [5.41, 5.74) is 5.52. The maximum absolute atomic E-state index is 12.1. The molecule has 2 rings (SSSR count). The van der Waals surface area contributed by atoms with E-state index >= 15 is 0 Å². The van der Waals surface area contributed by atoms with E-state index < -0.39 is 0 Å². The molecular weight excluding hydrogens is 246 g/mol. The van der Waals surface area contributed by atoms with E-state index in [1.54, 1.807) is 12.1 Å². The third kappa shape index (κ3) is 3.31. The molecule has 1 aromatic heterocycles. The quantitative estimate of drug-likeness (QED) is 0.782. The van der Waals surface area contributed by atoms with Crippen LogP contribution in [0.5, 0.6) is 0 Å². The van der Waals surface area contributed by atoms with E-state index in [1.807, 2.05) is 11.8 Å². The predicted molar refractivity (Wildman–Crippen MR) is 71.7 cm³/mol. The van der Waals surface area contributed by atoms with Crippen LogP contribution in [-0.4, -0.2) is 48.4 Å². The maximum Gasteiger partial charge on any atom is 0.245 e. The van der Waals surface area contributed by atoms with Gasteiger partial charge >= 0.3 is 0 Å². The molecule has 7 nitrogen and oxygen atoms in total. The number of hydrogen-bond donors (Lipinski definition) is 2. The first-order chi connectivity index (χ1) is 9.22. The highest BCUT2D eigenvalue weighted by molar-refractivity contribution is 5.85. The van der Waals surface area contributed by atoms with Crippen molar-refractivity contribution in [2.24, 2.45) is 0 Å². The van der Waals surface area contributed by atoms with Crippen molar-refractivity contribution < 1.29 is 9.53 Å². The molecule has 1 unspecified atom stereocenters. The molecule has 7 heteroatoms. The number of carbonyl (C=O) groups excluding carboxylic acids is 1. The van der Waals surface area contributed by atoms with Crippen LogP contribution in [0.2, 0.25) is 0 Å². The Hall–Kier alpha value is -1.89. The van der Waals surface area contributed by atoms with E-state index in [-0.39, 0.29) is 11.9 Å². The Labute approximate surface area is 112 Å². The number of rotatable bonds is 4. The Morgan fingerprint density at radius 2 is 2.42 bits per heavy atom. The summed E-state index contributed by atoms with van der Waals surface area (Å²) in [5.74, 6) is 0.971. The molecule has 2 heterocycles. The fourth-order valence-corrected chi connectivity index (χ4v) is 1.95. The summed E-state index contributed by atoms with van der Waals surface area (Å²) in [4.78, 5) is 14.0. The fourth-order valence-electron chi connectivity index (χ4n) is 1.95. The molecule has 104 valence electrons. The highest BCUT2D eigenvalue weighted by Crippen LogP contribution is 2.17. The SMILES string of the molecule is CCCNC(=O)C1COCCN1c1ccc(N)nn1. The van der Waals surface area contributed by atoms with E-state index in [2.05, 4.69) is 15.5 Å². The Balaban J connectivity index is 2.11. The van der Waals surface area contributed by atoms with Crippen LogP contribution in [0.3, 0.4) is 0 Å². The van der Waals surface area contributed by atoms with Gasteiger partial charge in [0.05, 0.1) is 13.2 Å². The number of carbonyl (C=O) groups is 1. The van der Waals surface area contributed by atoms with E-state index in [0.717, 1.165) is 6.42 Å². The monoisotopic (exact) mass is 265 g/mol. The van der Waals surface area contributed by atoms with Gasteiger partial charge in [0.1, 0.15) is 11.9 Å². The van der Waals surface area contributed by atoms with Gasteiger partial charge < -0.3 is 20.7 Å². The normalized spacial score (nSPS) is 19.2. The third-order valence-electron chi connectivity index (χ3n) is 2.95. The van der Waals surface area contributed by atoms with Gasteiger partial charge in [0, 0.05) is 13.1 Å². The van der Waals surface area contributed by atoms with E-state index in [1.165, 1.54) is 0 Å². The fraction of sp³-hybridized carbons (Fsp3) is 0.583. The third-order valence-corrected chi connectivity index (χ3v) is 2.95. The van der Waals surface area contributed by atoms with Crippen LogP contribution in [0.25, 0.3) is 0 Å². The second kappa shape index (κ2) is 6.33. The summed E-state index contributed by atoms with van der Waals surface area (Å²) >= 11 is 0. The second-order valence-electron chi connectivity index (χ2n) is 4.39. The standard InChI is InChI=1S/C12H19N5O2/c1-2-5-14-12(18)9-8-19-7-6-17(9)11-4-3-10(13)15-16-11/h3-4,9H,2,5-8H2,1H3,(H2,13,15)(H,14,18). The zero-order valence-corrected chi connectivity index (χ0v) is 11.0. The average molecular weight is 265 g/mol. The summed E-state index contributed by atoms with van der Waals surface area (Å²) in [7, 11) is 0. The number of anilines is 2. The molecule has 1 aliphatic heterocycles. The number of nitrogens with zero attached hydrogens (tertiary/aromatic N) is 3. The molecule has 1 amide bonds. The lowest BCUT2D eigenvalue weighted by molar-refractivity contribution is -0.124. The number of nitrogen functional groups attached to an aromatic ring is 1. The maximum atomic E-state index is 12.1. The van der Waals surface area contributed by atoms with Gasteiger partial charge in [0.2, 0.25) is 5.91 Å². The zero-order valence-electron chi connectivity index (χ0n) is 11.0. The molecular formula is C12H19N5O2. The van der Waals surface area contributed by atoms with Gasteiger partial charge in [-0.1, -0.05) is 6.92 Å². The number of nitrogens with two attached hydrogens (primary N) is 1. The van der Waals surface area contributed by atoms with Crippen molar-refractivity contribution in [1.82, 2.24) is 15.5 Å². The minimum atomic E-state index is -0.363. The lowest BCUT2D eigenvalue weighted by Gasteiger charge is -2.35. The van der Waals surface area contributed by atoms with Crippen molar-refractivity contribution in [2.45, 2.75) is 19.4 Å². The molecule has 0 aliphatic carbocycles. The Kier molecular flexibility index (Phi) is 4.51. The average Bonchev–Trinajstić information content (AvgIpc) is 2.45. The largest absolute Gasteiger partial charge is 0.382 e. The Morgan fingerprint density at radius 1 is 1.58 bits per heavy atom. The molecule has 0 bridgehead atoms. The molecule has 3 N–H and O–H groups in total. The highest BCUT2D eigenvalue weighted by Gasteiger charge is 2.30. The first-order valence-electron chi connectivity index (χ1n) is 6.43. The van der Waals surface area contributed by atoms with Crippen molar-refractivity contribution in [3.63, 3.8) is 0 Å². The number of aromatic nitrogens is 2. The Morgan fingerprint density at radius 3 is 3.11 bits per heavy atom. The first kappa shape index (κ1) is 13.5. The van der Waals surface area contributed by atoms with Crippen LogP contribution in [-0.2, 0) is 9.53 Å². The van der Waals surface area contributed by atoms with Crippen LogP contribution < -0.4 is 16.0 Å². The van der Waals surface area contributed by atoms with E-state index in [4.69, 9.17) is 10.5 Å². The van der Waals surface area contributed by atoms with Crippen molar-refractivity contribution in [2.75, 3.05) is 36.9 Å². The van der Waals surface area contributed by atoms with Gasteiger partial charge in [-0.3, -0.25) is 4.79 Å². The number of morpholine rings is 1.